The van der Waals surface area contributed by atoms with Crippen molar-refractivity contribution in [3.63, 3.8) is 0 Å². The third-order valence-electron chi connectivity index (χ3n) is 4.58. The first kappa shape index (κ1) is 15.4. The first-order valence-corrected chi connectivity index (χ1v) is 9.41. The van der Waals surface area contributed by atoms with Crippen molar-refractivity contribution in [3.05, 3.63) is 29.8 Å². The summed E-state index contributed by atoms with van der Waals surface area (Å²) in [6.45, 7) is 8.32. The monoisotopic (exact) mass is 304 g/mol. The minimum absolute atomic E-state index is 0.618. The normalized spacial score (nSPS) is 25.5. The number of rotatable bonds is 5. The van der Waals surface area contributed by atoms with E-state index in [0.717, 1.165) is 5.92 Å². The molecule has 0 aromatic heterocycles. The first-order chi connectivity index (χ1) is 10.2. The zero-order valence-electron chi connectivity index (χ0n) is 13.3. The van der Waals surface area contributed by atoms with Crippen LogP contribution in [0.3, 0.4) is 0 Å². The Morgan fingerprint density at radius 2 is 2.14 bits per heavy atom. The molecule has 2 aliphatic rings. The molecule has 3 heteroatoms. The Morgan fingerprint density at radius 1 is 1.29 bits per heavy atom. The van der Waals surface area contributed by atoms with Gasteiger partial charge in [-0.05, 0) is 49.1 Å². The molecule has 2 aliphatic heterocycles. The maximum atomic E-state index is 3.68. The first-order valence-electron chi connectivity index (χ1n) is 8.43. The molecular formula is C18H28N2S. The van der Waals surface area contributed by atoms with E-state index in [4.69, 9.17) is 0 Å². The van der Waals surface area contributed by atoms with Gasteiger partial charge in [0.1, 0.15) is 0 Å². The number of thioether (sulfide) groups is 1. The smallest absolute Gasteiger partial charge is 0.0367 e. The zero-order chi connectivity index (χ0) is 14.7. The largest absolute Gasteiger partial charge is 0.313 e. The summed E-state index contributed by atoms with van der Waals surface area (Å²) in [4.78, 5) is 4.26. The number of hydrogen-bond donors (Lipinski definition) is 1. The van der Waals surface area contributed by atoms with Crippen molar-refractivity contribution in [2.24, 2.45) is 5.92 Å². The van der Waals surface area contributed by atoms with Gasteiger partial charge in [0, 0.05) is 30.1 Å². The van der Waals surface area contributed by atoms with Crippen molar-refractivity contribution in [3.8, 4) is 0 Å². The molecular weight excluding hydrogens is 276 g/mol. The van der Waals surface area contributed by atoms with Crippen LogP contribution in [0.15, 0.2) is 29.2 Å². The molecule has 2 heterocycles. The Hall–Kier alpha value is -0.510. The zero-order valence-corrected chi connectivity index (χ0v) is 14.2. The lowest BCUT2D eigenvalue weighted by Crippen LogP contribution is -2.42. The van der Waals surface area contributed by atoms with Crippen molar-refractivity contribution >= 4 is 11.8 Å². The van der Waals surface area contributed by atoms with E-state index in [1.807, 2.05) is 11.8 Å². The van der Waals surface area contributed by atoms with Crippen molar-refractivity contribution in [2.75, 3.05) is 25.4 Å². The lowest BCUT2D eigenvalue weighted by Gasteiger charge is -2.38. The van der Waals surface area contributed by atoms with E-state index < -0.39 is 0 Å². The van der Waals surface area contributed by atoms with Gasteiger partial charge in [0.25, 0.3) is 0 Å². The van der Waals surface area contributed by atoms with E-state index in [0.29, 0.717) is 12.1 Å². The van der Waals surface area contributed by atoms with Crippen LogP contribution in [0.5, 0.6) is 0 Å². The topological polar surface area (TPSA) is 15.3 Å². The van der Waals surface area contributed by atoms with E-state index in [-0.39, 0.29) is 0 Å². The maximum Gasteiger partial charge on any atom is 0.0367 e. The summed E-state index contributed by atoms with van der Waals surface area (Å²) in [6, 6.07) is 10.4. The maximum absolute atomic E-state index is 3.68. The third kappa shape index (κ3) is 3.82. The Labute approximate surface area is 133 Å². The molecule has 2 nitrogen and oxygen atoms in total. The van der Waals surface area contributed by atoms with Crippen LogP contribution in [0.25, 0.3) is 0 Å². The van der Waals surface area contributed by atoms with E-state index in [2.05, 4.69) is 48.3 Å². The quantitative estimate of drug-likeness (QED) is 0.887. The third-order valence-corrected chi connectivity index (χ3v) is 5.71. The molecule has 2 unspecified atom stereocenters. The van der Waals surface area contributed by atoms with Crippen molar-refractivity contribution in [1.82, 2.24) is 10.2 Å². The van der Waals surface area contributed by atoms with Crippen LogP contribution < -0.4 is 5.32 Å². The second-order valence-corrected chi connectivity index (χ2v) is 7.97. The fourth-order valence-corrected chi connectivity index (χ4v) is 4.80. The van der Waals surface area contributed by atoms with E-state index in [9.17, 15) is 0 Å². The highest BCUT2D eigenvalue weighted by Gasteiger charge is 2.29. The number of benzene rings is 1. The van der Waals surface area contributed by atoms with Gasteiger partial charge in [-0.15, -0.1) is 11.8 Å². The lowest BCUT2D eigenvalue weighted by molar-refractivity contribution is 0.154. The summed E-state index contributed by atoms with van der Waals surface area (Å²) in [6.07, 6.45) is 3.98. The highest BCUT2D eigenvalue weighted by atomic mass is 32.2. The van der Waals surface area contributed by atoms with Crippen LogP contribution in [-0.2, 0) is 0 Å². The molecule has 0 aliphatic carbocycles. The number of nitrogens with one attached hydrogen (secondary N) is 1. The predicted molar refractivity (Wildman–Crippen MR) is 92.0 cm³/mol. The molecule has 3 rings (SSSR count). The SMILES string of the molecule is CC(C)CN(CC1CCCN1)C1CCSc2ccccc21. The van der Waals surface area contributed by atoms with Crippen molar-refractivity contribution in [2.45, 2.75) is 50.1 Å². The van der Waals surface area contributed by atoms with Crippen LogP contribution in [0, 0.1) is 5.92 Å². The van der Waals surface area contributed by atoms with Crippen LogP contribution >= 0.6 is 11.8 Å². The molecule has 1 fully saturated rings. The number of hydrogen-bond acceptors (Lipinski definition) is 3. The van der Waals surface area contributed by atoms with Gasteiger partial charge in [0.2, 0.25) is 0 Å². The van der Waals surface area contributed by atoms with Gasteiger partial charge < -0.3 is 5.32 Å². The Bertz CT molecular complexity index is 454. The molecule has 1 aromatic carbocycles. The fraction of sp³-hybridized carbons (Fsp3) is 0.667. The van der Waals surface area contributed by atoms with E-state index in [1.165, 1.54) is 49.5 Å². The second kappa shape index (κ2) is 7.17. The van der Waals surface area contributed by atoms with E-state index >= 15 is 0 Å². The van der Waals surface area contributed by atoms with Gasteiger partial charge in [-0.25, -0.2) is 0 Å². The molecule has 1 aromatic rings. The van der Waals surface area contributed by atoms with Crippen LogP contribution in [0.1, 0.15) is 44.7 Å². The summed E-state index contributed by atoms with van der Waals surface area (Å²) in [5.74, 6) is 1.99. The predicted octanol–water partition coefficient (Wildman–Crippen LogP) is 3.93. The average molecular weight is 305 g/mol. The summed E-state index contributed by atoms with van der Waals surface area (Å²) in [5, 5.41) is 3.68. The molecule has 21 heavy (non-hydrogen) atoms. The molecule has 0 radical (unpaired) electrons. The van der Waals surface area contributed by atoms with E-state index in [1.54, 1.807) is 5.56 Å². The van der Waals surface area contributed by atoms with Gasteiger partial charge in [-0.3, -0.25) is 4.90 Å². The summed E-state index contributed by atoms with van der Waals surface area (Å²) in [5.41, 5.74) is 1.56. The van der Waals surface area contributed by atoms with Gasteiger partial charge in [0.15, 0.2) is 0 Å². The minimum Gasteiger partial charge on any atom is -0.313 e. The molecule has 0 spiro atoms. The molecule has 0 saturated carbocycles. The summed E-state index contributed by atoms with van der Waals surface area (Å²) < 4.78 is 0. The molecule has 1 N–H and O–H groups in total. The average Bonchev–Trinajstić information content (AvgIpc) is 2.98. The minimum atomic E-state index is 0.618. The highest BCUT2D eigenvalue weighted by molar-refractivity contribution is 7.99. The van der Waals surface area contributed by atoms with Crippen LogP contribution in [0.4, 0.5) is 0 Å². The van der Waals surface area contributed by atoms with Gasteiger partial charge in [-0.2, -0.15) is 0 Å². The molecule has 1 saturated heterocycles. The number of nitrogens with zero attached hydrogens (tertiary/aromatic N) is 1. The van der Waals surface area contributed by atoms with Gasteiger partial charge in [0.05, 0.1) is 0 Å². The standard InChI is InChI=1S/C18H28N2S/c1-14(2)12-20(13-15-6-5-10-19-15)17-9-11-21-18-8-4-3-7-16(17)18/h3-4,7-8,14-15,17,19H,5-6,9-13H2,1-2H3. The molecule has 0 bridgehead atoms. The summed E-state index contributed by atoms with van der Waals surface area (Å²) in [7, 11) is 0. The molecule has 0 amide bonds. The fourth-order valence-electron chi connectivity index (χ4n) is 3.70. The van der Waals surface area contributed by atoms with Crippen molar-refractivity contribution < 1.29 is 0 Å². The second-order valence-electron chi connectivity index (χ2n) is 6.83. The number of fused-ring (bicyclic) bond motifs is 1. The van der Waals surface area contributed by atoms with Crippen molar-refractivity contribution in [1.29, 1.82) is 0 Å². The molecule has 116 valence electrons. The Balaban J connectivity index is 1.78. The molecule has 2 atom stereocenters. The Kier molecular flexibility index (Phi) is 5.25. The van der Waals surface area contributed by atoms with Crippen LogP contribution in [0.2, 0.25) is 0 Å². The Morgan fingerprint density at radius 3 is 2.90 bits per heavy atom. The van der Waals surface area contributed by atoms with Crippen LogP contribution in [-0.4, -0.2) is 36.3 Å². The lowest BCUT2D eigenvalue weighted by atomic mass is 9.99. The van der Waals surface area contributed by atoms with Gasteiger partial charge in [-0.1, -0.05) is 32.0 Å². The summed E-state index contributed by atoms with van der Waals surface area (Å²) >= 11 is 2.03. The van der Waals surface area contributed by atoms with Gasteiger partial charge >= 0.3 is 0 Å². The highest BCUT2D eigenvalue weighted by Crippen LogP contribution is 2.39.